The first-order valence-electron chi connectivity index (χ1n) is 18.0. The largest absolute Gasteiger partial charge is 0.463 e. The van der Waals surface area contributed by atoms with Crippen LogP contribution >= 0.6 is 0 Å². The summed E-state index contributed by atoms with van der Waals surface area (Å²) in [6.07, 6.45) is 4.03. The number of Topliss-reactive ketones (excluding diaryl/α,β-unsaturated/α-hetero) is 1. The SMILES string of the molecule is O=C1C(c2ccccc2)=CC(=O)C2(c3ccccc3)C1CC1C(=CCC3C(=O)N(c4ccc(N5CCOCC5)cc4)C(=O)C31)C2c1ccc(CO)o1. The number of carbonyl (C=O) groups excluding carboxylic acids is 4. The van der Waals surface area contributed by atoms with Crippen molar-refractivity contribution >= 4 is 40.3 Å². The Morgan fingerprint density at radius 2 is 1.46 bits per heavy atom. The molecule has 2 aliphatic heterocycles. The van der Waals surface area contributed by atoms with Gasteiger partial charge in [0.15, 0.2) is 11.6 Å². The van der Waals surface area contributed by atoms with E-state index in [0.29, 0.717) is 53.5 Å². The van der Waals surface area contributed by atoms with Gasteiger partial charge < -0.3 is 19.2 Å². The van der Waals surface area contributed by atoms with E-state index >= 15 is 4.79 Å². The number of benzene rings is 3. The molecule has 1 saturated carbocycles. The third-order valence-corrected chi connectivity index (χ3v) is 12.0. The van der Waals surface area contributed by atoms with Crippen LogP contribution in [0.3, 0.4) is 0 Å². The minimum absolute atomic E-state index is 0.179. The Morgan fingerprint density at radius 1 is 0.769 bits per heavy atom. The standard InChI is InChI=1S/C43H38N2O7/c46-25-30-15-18-36(52-30)39-31-16-17-32-38(42(50)45(41(32)49)29-13-11-28(12-14-29)44-19-21-51-22-20-44)34(31)23-35-40(48)33(26-7-3-1-4-8-26)24-37(47)43(35,39)27-9-5-2-6-10-27/h1-16,18,24,32,34-35,38-39,46H,17,19-23,25H2. The average molecular weight is 695 g/mol. The lowest BCUT2D eigenvalue weighted by molar-refractivity contribution is -0.135. The highest BCUT2D eigenvalue weighted by Crippen LogP contribution is 2.63. The number of aliphatic hydroxyl groups is 1. The minimum Gasteiger partial charge on any atom is -0.463 e. The number of rotatable bonds is 6. The molecule has 52 heavy (non-hydrogen) atoms. The number of imide groups is 1. The highest BCUT2D eigenvalue weighted by Gasteiger charge is 2.66. The molecule has 262 valence electrons. The van der Waals surface area contributed by atoms with Crippen LogP contribution in [0.2, 0.25) is 0 Å². The molecule has 6 unspecified atom stereocenters. The summed E-state index contributed by atoms with van der Waals surface area (Å²) in [7, 11) is 0. The van der Waals surface area contributed by atoms with Gasteiger partial charge in [-0.2, -0.15) is 0 Å². The zero-order chi connectivity index (χ0) is 35.6. The molecule has 3 aliphatic carbocycles. The van der Waals surface area contributed by atoms with E-state index in [4.69, 9.17) is 9.15 Å². The summed E-state index contributed by atoms with van der Waals surface area (Å²) >= 11 is 0. The molecule has 9 heteroatoms. The number of aliphatic hydroxyl groups excluding tert-OH is 1. The molecule has 2 saturated heterocycles. The topological polar surface area (TPSA) is 117 Å². The number of allylic oxidation sites excluding steroid dienone is 4. The van der Waals surface area contributed by atoms with Gasteiger partial charge in [-0.25, -0.2) is 0 Å². The summed E-state index contributed by atoms with van der Waals surface area (Å²) in [5.74, 6) is -3.61. The number of furan rings is 1. The third kappa shape index (κ3) is 4.83. The van der Waals surface area contributed by atoms with Crippen LogP contribution in [0, 0.1) is 23.7 Å². The fourth-order valence-electron chi connectivity index (χ4n) is 9.71. The number of nitrogens with zero attached hydrogens (tertiary/aromatic N) is 2. The predicted octanol–water partition coefficient (Wildman–Crippen LogP) is 5.64. The number of ketones is 2. The number of amides is 2. The highest BCUT2D eigenvalue weighted by molar-refractivity contribution is 6.32. The van der Waals surface area contributed by atoms with Crippen molar-refractivity contribution in [2.75, 3.05) is 36.1 Å². The maximum absolute atomic E-state index is 15.1. The van der Waals surface area contributed by atoms with Crippen LogP contribution in [0.4, 0.5) is 11.4 Å². The Hall–Kier alpha value is -5.38. The number of carbonyl (C=O) groups is 4. The van der Waals surface area contributed by atoms with Crippen LogP contribution in [0.15, 0.2) is 119 Å². The smallest absolute Gasteiger partial charge is 0.238 e. The van der Waals surface area contributed by atoms with E-state index in [1.807, 2.05) is 91.0 Å². The summed E-state index contributed by atoms with van der Waals surface area (Å²) in [4.78, 5) is 62.4. The number of fused-ring (bicyclic) bond motifs is 4. The Labute approximate surface area is 301 Å². The summed E-state index contributed by atoms with van der Waals surface area (Å²) in [6.45, 7) is 2.50. The van der Waals surface area contributed by atoms with E-state index in [1.54, 1.807) is 12.1 Å². The van der Waals surface area contributed by atoms with Crippen molar-refractivity contribution in [1.29, 1.82) is 0 Å². The fourth-order valence-corrected chi connectivity index (χ4v) is 9.71. The van der Waals surface area contributed by atoms with Gasteiger partial charge in [0.1, 0.15) is 18.1 Å². The first-order valence-corrected chi connectivity index (χ1v) is 18.0. The van der Waals surface area contributed by atoms with Crippen LogP contribution in [-0.4, -0.2) is 54.8 Å². The predicted molar refractivity (Wildman–Crippen MR) is 193 cm³/mol. The molecule has 9 rings (SSSR count). The quantitative estimate of drug-likeness (QED) is 0.204. The van der Waals surface area contributed by atoms with Crippen LogP contribution in [0.1, 0.15) is 41.4 Å². The average Bonchev–Trinajstić information content (AvgIpc) is 3.78. The lowest BCUT2D eigenvalue weighted by Crippen LogP contribution is -2.58. The van der Waals surface area contributed by atoms with Crippen molar-refractivity contribution in [3.8, 4) is 0 Å². The zero-order valence-electron chi connectivity index (χ0n) is 28.5. The van der Waals surface area contributed by atoms with Gasteiger partial charge in [0, 0.05) is 30.3 Å². The van der Waals surface area contributed by atoms with Crippen molar-refractivity contribution in [2.24, 2.45) is 23.7 Å². The number of hydrogen-bond donors (Lipinski definition) is 1. The van der Waals surface area contributed by atoms with Gasteiger partial charge in [0.2, 0.25) is 11.8 Å². The molecule has 3 aromatic carbocycles. The first kappa shape index (κ1) is 32.5. The summed E-state index contributed by atoms with van der Waals surface area (Å²) in [5, 5.41) is 10.0. The maximum atomic E-state index is 15.1. The van der Waals surface area contributed by atoms with Gasteiger partial charge in [-0.1, -0.05) is 72.3 Å². The summed E-state index contributed by atoms with van der Waals surface area (Å²) < 4.78 is 11.8. The molecule has 6 atom stereocenters. The van der Waals surface area contributed by atoms with E-state index in [1.165, 1.54) is 11.0 Å². The van der Waals surface area contributed by atoms with E-state index in [0.717, 1.165) is 24.4 Å². The van der Waals surface area contributed by atoms with Crippen LogP contribution in [0.25, 0.3) is 5.57 Å². The lowest BCUT2D eigenvalue weighted by Gasteiger charge is -2.54. The van der Waals surface area contributed by atoms with Crippen molar-refractivity contribution in [3.63, 3.8) is 0 Å². The van der Waals surface area contributed by atoms with Crippen molar-refractivity contribution < 1.29 is 33.4 Å². The number of anilines is 2. The van der Waals surface area contributed by atoms with E-state index in [2.05, 4.69) is 4.90 Å². The minimum atomic E-state index is -1.38. The molecule has 5 aliphatic rings. The van der Waals surface area contributed by atoms with Gasteiger partial charge in [0.05, 0.1) is 42.1 Å². The molecule has 0 bridgehead atoms. The van der Waals surface area contributed by atoms with Crippen LogP contribution < -0.4 is 9.80 Å². The van der Waals surface area contributed by atoms with Gasteiger partial charge in [0.25, 0.3) is 0 Å². The lowest BCUT2D eigenvalue weighted by atomic mass is 9.45. The third-order valence-electron chi connectivity index (χ3n) is 12.0. The van der Waals surface area contributed by atoms with E-state index < -0.39 is 35.0 Å². The molecular weight excluding hydrogens is 656 g/mol. The monoisotopic (exact) mass is 694 g/mol. The van der Waals surface area contributed by atoms with E-state index in [-0.39, 0.29) is 36.4 Å². The molecule has 1 N–H and O–H groups in total. The van der Waals surface area contributed by atoms with Crippen LogP contribution in [-0.2, 0) is 35.9 Å². The Balaban J connectivity index is 1.17. The summed E-state index contributed by atoms with van der Waals surface area (Å²) in [5.41, 5.74) is 2.65. The number of hydrogen-bond acceptors (Lipinski definition) is 8. The molecule has 2 amide bonds. The molecule has 1 aromatic heterocycles. The van der Waals surface area contributed by atoms with Crippen molar-refractivity contribution in [3.05, 3.63) is 137 Å². The molecule has 3 heterocycles. The Morgan fingerprint density at radius 3 is 2.15 bits per heavy atom. The molecule has 0 radical (unpaired) electrons. The second-order valence-electron chi connectivity index (χ2n) is 14.4. The molecule has 3 fully saturated rings. The Kier molecular flexibility index (Phi) is 7.93. The highest BCUT2D eigenvalue weighted by atomic mass is 16.5. The molecule has 9 nitrogen and oxygen atoms in total. The van der Waals surface area contributed by atoms with Gasteiger partial charge in [-0.05, 0) is 72.4 Å². The Bertz CT molecular complexity index is 2130. The maximum Gasteiger partial charge on any atom is 0.238 e. The molecule has 0 spiro atoms. The number of ether oxygens (including phenoxy) is 1. The second kappa shape index (κ2) is 12.7. The van der Waals surface area contributed by atoms with E-state index in [9.17, 15) is 19.5 Å². The van der Waals surface area contributed by atoms with Gasteiger partial charge >= 0.3 is 0 Å². The van der Waals surface area contributed by atoms with Crippen molar-refractivity contribution in [1.82, 2.24) is 0 Å². The van der Waals surface area contributed by atoms with Crippen molar-refractivity contribution in [2.45, 2.75) is 30.8 Å². The zero-order valence-corrected chi connectivity index (χ0v) is 28.5. The molecule has 4 aromatic rings. The van der Waals surface area contributed by atoms with Crippen LogP contribution in [0.5, 0.6) is 0 Å². The molecular formula is C43H38N2O7. The fraction of sp³-hybridized carbons (Fsp3) is 0.302. The van der Waals surface area contributed by atoms with Gasteiger partial charge in [-0.15, -0.1) is 0 Å². The normalized spacial score (nSPS) is 28.6. The second-order valence-corrected chi connectivity index (χ2v) is 14.4. The van der Waals surface area contributed by atoms with Gasteiger partial charge in [-0.3, -0.25) is 24.1 Å². The number of morpholine rings is 1. The first-order chi connectivity index (χ1) is 25.4. The summed E-state index contributed by atoms with van der Waals surface area (Å²) in [6, 6.07) is 29.6.